The topological polar surface area (TPSA) is 7.65 Å². The Morgan fingerprint density at radius 3 is 1.39 bits per heavy atom. The highest BCUT2D eigenvalue weighted by Crippen LogP contribution is 2.43. The SMILES string of the molecule is c1ccc(-c2ccc(N(c3ccc(-c4ccccc4)cc3)c3ccccc3-c3ccc(-c4ccc5c(c4)c4cccc6c7ccccc7n5c64)cc3)cc2)cc1. The number of aromatic nitrogens is 1. The van der Waals surface area contributed by atoms with Gasteiger partial charge in [0, 0.05) is 38.5 Å². The molecule has 0 saturated carbocycles. The number of benzene rings is 9. The highest BCUT2D eigenvalue weighted by atomic mass is 15.1. The zero-order chi connectivity index (χ0) is 37.0. The van der Waals surface area contributed by atoms with Gasteiger partial charge in [0.05, 0.1) is 22.2 Å². The predicted molar refractivity (Wildman–Crippen MR) is 238 cm³/mol. The molecule has 0 bridgehead atoms. The van der Waals surface area contributed by atoms with Gasteiger partial charge >= 0.3 is 0 Å². The predicted octanol–water partition coefficient (Wildman–Crippen LogP) is 15.0. The molecule has 262 valence electrons. The van der Waals surface area contributed by atoms with Gasteiger partial charge in [0.25, 0.3) is 0 Å². The summed E-state index contributed by atoms with van der Waals surface area (Å²) in [5, 5.41) is 5.21. The Labute approximate surface area is 326 Å². The first kappa shape index (κ1) is 32.0. The van der Waals surface area contributed by atoms with Crippen LogP contribution >= 0.6 is 0 Å². The van der Waals surface area contributed by atoms with Gasteiger partial charge in [-0.05, 0) is 87.5 Å². The molecular weight excluding hydrogens is 677 g/mol. The zero-order valence-electron chi connectivity index (χ0n) is 30.7. The van der Waals surface area contributed by atoms with Crippen molar-refractivity contribution < 1.29 is 0 Å². The van der Waals surface area contributed by atoms with Crippen molar-refractivity contribution in [3.05, 3.63) is 218 Å². The largest absolute Gasteiger partial charge is 0.310 e. The summed E-state index contributed by atoms with van der Waals surface area (Å²) in [5.41, 5.74) is 16.7. The second-order valence-electron chi connectivity index (χ2n) is 14.5. The molecular formula is C54H36N2. The Kier molecular flexibility index (Phi) is 7.53. The first-order valence-electron chi connectivity index (χ1n) is 19.3. The van der Waals surface area contributed by atoms with Crippen molar-refractivity contribution >= 4 is 55.2 Å². The van der Waals surface area contributed by atoms with Crippen molar-refractivity contribution in [2.24, 2.45) is 0 Å². The van der Waals surface area contributed by atoms with Crippen LogP contribution in [0.5, 0.6) is 0 Å². The second-order valence-corrected chi connectivity index (χ2v) is 14.5. The van der Waals surface area contributed by atoms with Crippen molar-refractivity contribution in [1.29, 1.82) is 0 Å². The Balaban J connectivity index is 0.987. The van der Waals surface area contributed by atoms with Crippen molar-refractivity contribution in [2.45, 2.75) is 0 Å². The maximum atomic E-state index is 2.44. The van der Waals surface area contributed by atoms with E-state index in [-0.39, 0.29) is 0 Å². The van der Waals surface area contributed by atoms with Crippen molar-refractivity contribution in [3.63, 3.8) is 0 Å². The van der Waals surface area contributed by atoms with E-state index in [9.17, 15) is 0 Å². The van der Waals surface area contributed by atoms with Crippen LogP contribution in [-0.2, 0) is 0 Å². The van der Waals surface area contributed by atoms with Crippen LogP contribution in [0, 0.1) is 0 Å². The summed E-state index contributed by atoms with van der Waals surface area (Å²) in [4.78, 5) is 2.38. The lowest BCUT2D eigenvalue weighted by atomic mass is 9.97. The lowest BCUT2D eigenvalue weighted by molar-refractivity contribution is 1.28. The number of anilines is 3. The van der Waals surface area contributed by atoms with E-state index in [0.717, 1.165) is 17.1 Å². The van der Waals surface area contributed by atoms with Crippen LogP contribution in [-0.4, -0.2) is 4.40 Å². The monoisotopic (exact) mass is 712 g/mol. The molecule has 0 radical (unpaired) electrons. The molecule has 0 aliphatic carbocycles. The molecule has 0 spiro atoms. The molecule has 0 atom stereocenters. The molecule has 0 amide bonds. The van der Waals surface area contributed by atoms with E-state index in [1.54, 1.807) is 0 Å². The molecule has 0 N–H and O–H groups in total. The van der Waals surface area contributed by atoms with Gasteiger partial charge in [0.2, 0.25) is 0 Å². The molecule has 0 aliphatic rings. The zero-order valence-corrected chi connectivity index (χ0v) is 30.7. The van der Waals surface area contributed by atoms with Gasteiger partial charge in [0.15, 0.2) is 0 Å². The summed E-state index contributed by atoms with van der Waals surface area (Å²) in [6.07, 6.45) is 0. The second kappa shape index (κ2) is 13.2. The minimum atomic E-state index is 1.10. The van der Waals surface area contributed by atoms with Crippen LogP contribution in [0.25, 0.3) is 82.6 Å². The molecule has 0 fully saturated rings. The third-order valence-corrected chi connectivity index (χ3v) is 11.4. The van der Waals surface area contributed by atoms with Crippen molar-refractivity contribution in [2.75, 3.05) is 4.90 Å². The van der Waals surface area contributed by atoms with Gasteiger partial charge in [-0.3, -0.25) is 0 Å². The number of hydrogen-bond donors (Lipinski definition) is 0. The summed E-state index contributed by atoms with van der Waals surface area (Å²) in [7, 11) is 0. The standard InChI is InChI=1S/C54H36N2/c1-3-12-37(13-4-1)39-26-31-44(32-27-39)55(45-33-28-40(29-34-45)38-14-5-2-6-15-38)51-20-9-7-16-46(51)42-24-22-41(23-25-42)43-30-35-53-50(36-43)49-19-11-18-48-47-17-8-10-21-52(47)56(53)54(48)49/h1-36H. The molecule has 2 heterocycles. The number of rotatable bonds is 7. The number of hydrogen-bond acceptors (Lipinski definition) is 1. The molecule has 0 saturated heterocycles. The van der Waals surface area contributed by atoms with Crippen LogP contribution < -0.4 is 4.90 Å². The highest BCUT2D eigenvalue weighted by Gasteiger charge is 2.19. The molecule has 9 aromatic carbocycles. The fourth-order valence-corrected chi connectivity index (χ4v) is 8.66. The maximum absolute atomic E-state index is 2.44. The summed E-state index contributed by atoms with van der Waals surface area (Å²) in [6, 6.07) is 79.2. The Bertz CT molecular complexity index is 3060. The average molecular weight is 713 g/mol. The van der Waals surface area contributed by atoms with Crippen molar-refractivity contribution in [1.82, 2.24) is 4.40 Å². The summed E-state index contributed by atoms with van der Waals surface area (Å²) >= 11 is 0. The van der Waals surface area contributed by atoms with Gasteiger partial charge < -0.3 is 9.30 Å². The fourth-order valence-electron chi connectivity index (χ4n) is 8.66. The average Bonchev–Trinajstić information content (AvgIpc) is 3.80. The third kappa shape index (κ3) is 5.26. The molecule has 2 heteroatoms. The van der Waals surface area contributed by atoms with Gasteiger partial charge in [0.1, 0.15) is 0 Å². The lowest BCUT2D eigenvalue weighted by Crippen LogP contribution is -2.11. The van der Waals surface area contributed by atoms with E-state index in [4.69, 9.17) is 0 Å². The Morgan fingerprint density at radius 1 is 0.286 bits per heavy atom. The quantitative estimate of drug-likeness (QED) is 0.160. The van der Waals surface area contributed by atoms with Gasteiger partial charge in [-0.15, -0.1) is 0 Å². The Hall–Kier alpha value is -7.42. The van der Waals surface area contributed by atoms with Crippen LogP contribution in [0.2, 0.25) is 0 Å². The van der Waals surface area contributed by atoms with Crippen LogP contribution in [0.4, 0.5) is 17.1 Å². The van der Waals surface area contributed by atoms with E-state index >= 15 is 0 Å². The van der Waals surface area contributed by atoms with Gasteiger partial charge in [-0.1, -0.05) is 170 Å². The fraction of sp³-hybridized carbons (Fsp3) is 0. The molecule has 2 aromatic heterocycles. The summed E-state index contributed by atoms with van der Waals surface area (Å²) in [5.74, 6) is 0. The van der Waals surface area contributed by atoms with Crippen LogP contribution in [0.15, 0.2) is 218 Å². The lowest BCUT2D eigenvalue weighted by Gasteiger charge is -2.28. The first-order chi connectivity index (χ1) is 27.8. The third-order valence-electron chi connectivity index (χ3n) is 11.4. The smallest absolute Gasteiger partial charge is 0.0620 e. The molecule has 11 rings (SSSR count). The summed E-state index contributed by atoms with van der Waals surface area (Å²) in [6.45, 7) is 0. The van der Waals surface area contributed by atoms with Gasteiger partial charge in [-0.25, -0.2) is 0 Å². The van der Waals surface area contributed by atoms with E-state index in [2.05, 4.69) is 228 Å². The van der Waals surface area contributed by atoms with E-state index in [1.165, 1.54) is 82.6 Å². The van der Waals surface area contributed by atoms with E-state index in [1.807, 2.05) is 0 Å². The maximum Gasteiger partial charge on any atom is 0.0620 e. The van der Waals surface area contributed by atoms with Gasteiger partial charge in [-0.2, -0.15) is 0 Å². The first-order valence-corrected chi connectivity index (χ1v) is 19.3. The van der Waals surface area contributed by atoms with Crippen LogP contribution in [0.1, 0.15) is 0 Å². The molecule has 2 nitrogen and oxygen atoms in total. The molecule has 0 unspecified atom stereocenters. The molecule has 56 heavy (non-hydrogen) atoms. The minimum absolute atomic E-state index is 1.10. The highest BCUT2D eigenvalue weighted by molar-refractivity contribution is 6.23. The number of fused-ring (bicyclic) bond motifs is 6. The minimum Gasteiger partial charge on any atom is -0.310 e. The molecule has 11 aromatic rings. The van der Waals surface area contributed by atoms with Crippen LogP contribution in [0.3, 0.4) is 0 Å². The summed E-state index contributed by atoms with van der Waals surface area (Å²) < 4.78 is 2.44. The van der Waals surface area contributed by atoms with E-state index in [0.29, 0.717) is 0 Å². The van der Waals surface area contributed by atoms with E-state index < -0.39 is 0 Å². The number of nitrogens with zero attached hydrogens (tertiary/aromatic N) is 2. The number of para-hydroxylation sites is 3. The normalized spacial score (nSPS) is 11.6. The Morgan fingerprint density at radius 2 is 0.732 bits per heavy atom. The molecule has 0 aliphatic heterocycles. The van der Waals surface area contributed by atoms with Crippen molar-refractivity contribution in [3.8, 4) is 44.5 Å².